The second kappa shape index (κ2) is 6.90. The molecule has 0 fully saturated rings. The molecule has 0 aliphatic heterocycles. The zero-order valence-electron chi connectivity index (χ0n) is 12.7. The summed E-state index contributed by atoms with van der Waals surface area (Å²) in [5.74, 6) is 2.94. The maximum Gasteiger partial charge on any atom is 0.158 e. The topological polar surface area (TPSA) is 68.3 Å². The van der Waals surface area contributed by atoms with E-state index in [9.17, 15) is 0 Å². The summed E-state index contributed by atoms with van der Waals surface area (Å²) in [6, 6.07) is 7.73. The Morgan fingerprint density at radius 3 is 2.48 bits per heavy atom. The van der Waals surface area contributed by atoms with E-state index in [1.54, 1.807) is 14.2 Å². The van der Waals surface area contributed by atoms with Crippen LogP contribution >= 0.6 is 0 Å². The average molecular weight is 288 g/mol. The number of aromatic nitrogens is 2. The zero-order valence-corrected chi connectivity index (χ0v) is 12.7. The van der Waals surface area contributed by atoms with Gasteiger partial charge in [0, 0.05) is 25.9 Å². The van der Waals surface area contributed by atoms with Gasteiger partial charge in [-0.1, -0.05) is 0 Å². The number of nitrogens with zero attached hydrogens (tertiary/aromatic N) is 2. The van der Waals surface area contributed by atoms with Crippen LogP contribution in [0.4, 0.5) is 17.3 Å². The van der Waals surface area contributed by atoms with Crippen LogP contribution in [0, 0.1) is 6.92 Å². The minimum atomic E-state index is 0.367. The van der Waals surface area contributed by atoms with Gasteiger partial charge in [-0.25, -0.2) is 9.97 Å². The number of ether oxygens (including phenoxy) is 2. The number of methoxy groups -OCH3 is 2. The molecule has 1 aromatic carbocycles. The molecule has 1 aromatic heterocycles. The minimum absolute atomic E-state index is 0.367. The molecule has 2 rings (SSSR count). The van der Waals surface area contributed by atoms with Crippen molar-refractivity contribution in [3.63, 3.8) is 0 Å². The monoisotopic (exact) mass is 288 g/mol. The lowest BCUT2D eigenvalue weighted by Crippen LogP contribution is -2.04. The van der Waals surface area contributed by atoms with Crippen molar-refractivity contribution in [3.05, 3.63) is 35.7 Å². The summed E-state index contributed by atoms with van der Waals surface area (Å²) in [6.07, 6.45) is 0. The van der Waals surface area contributed by atoms with Gasteiger partial charge in [-0.2, -0.15) is 0 Å². The number of hydrogen-bond acceptors (Lipinski definition) is 6. The number of rotatable bonds is 6. The van der Waals surface area contributed by atoms with Crippen LogP contribution in [0.3, 0.4) is 0 Å². The summed E-state index contributed by atoms with van der Waals surface area (Å²) >= 11 is 0. The fourth-order valence-corrected chi connectivity index (χ4v) is 1.99. The molecule has 112 valence electrons. The highest BCUT2D eigenvalue weighted by atomic mass is 16.5. The van der Waals surface area contributed by atoms with Crippen LogP contribution < -0.4 is 15.4 Å². The summed E-state index contributed by atoms with van der Waals surface area (Å²) in [6.45, 7) is 2.37. The van der Waals surface area contributed by atoms with Crippen molar-refractivity contribution >= 4 is 17.3 Å². The molecule has 0 saturated carbocycles. The van der Waals surface area contributed by atoms with Gasteiger partial charge >= 0.3 is 0 Å². The van der Waals surface area contributed by atoms with Gasteiger partial charge < -0.3 is 20.1 Å². The number of nitrogens with one attached hydrogen (secondary N) is 2. The molecule has 2 N–H and O–H groups in total. The van der Waals surface area contributed by atoms with Crippen molar-refractivity contribution < 1.29 is 9.47 Å². The van der Waals surface area contributed by atoms with Gasteiger partial charge in [-0.3, -0.25) is 0 Å². The van der Waals surface area contributed by atoms with Gasteiger partial charge in [0.25, 0.3) is 0 Å². The van der Waals surface area contributed by atoms with Gasteiger partial charge in [0.1, 0.15) is 24.0 Å². The fraction of sp³-hybridized carbons (Fsp3) is 0.333. The van der Waals surface area contributed by atoms with Gasteiger partial charge in [-0.15, -0.1) is 0 Å². The van der Waals surface area contributed by atoms with Gasteiger partial charge in [0.05, 0.1) is 7.11 Å². The van der Waals surface area contributed by atoms with Gasteiger partial charge in [0.2, 0.25) is 0 Å². The first-order chi connectivity index (χ1) is 10.2. The first-order valence-electron chi connectivity index (χ1n) is 6.62. The van der Waals surface area contributed by atoms with E-state index in [4.69, 9.17) is 9.47 Å². The Hall–Kier alpha value is -2.34. The maximum atomic E-state index is 5.26. The predicted molar refractivity (Wildman–Crippen MR) is 83.3 cm³/mol. The third-order valence-electron chi connectivity index (χ3n) is 2.97. The van der Waals surface area contributed by atoms with E-state index in [1.807, 2.05) is 38.2 Å². The molecule has 0 aliphatic rings. The van der Waals surface area contributed by atoms with Crippen molar-refractivity contribution in [2.45, 2.75) is 13.5 Å². The molecule has 0 aliphatic carbocycles. The molecule has 0 bridgehead atoms. The third kappa shape index (κ3) is 3.82. The number of hydrogen-bond donors (Lipinski definition) is 2. The highest BCUT2D eigenvalue weighted by Gasteiger charge is 2.05. The smallest absolute Gasteiger partial charge is 0.158 e. The minimum Gasteiger partial charge on any atom is -0.496 e. The lowest BCUT2D eigenvalue weighted by atomic mass is 10.2. The van der Waals surface area contributed by atoms with Crippen LogP contribution in [0.25, 0.3) is 0 Å². The molecular formula is C15H20N4O2. The van der Waals surface area contributed by atoms with Crippen LogP contribution in [-0.2, 0) is 11.3 Å². The molecular weight excluding hydrogens is 268 g/mol. The highest BCUT2D eigenvalue weighted by molar-refractivity contribution is 5.61. The Kier molecular flexibility index (Phi) is 4.94. The van der Waals surface area contributed by atoms with Gasteiger partial charge in [0.15, 0.2) is 5.82 Å². The molecule has 0 spiro atoms. The summed E-state index contributed by atoms with van der Waals surface area (Å²) in [5.41, 5.74) is 2.00. The lowest BCUT2D eigenvalue weighted by molar-refractivity contribution is 0.178. The molecule has 0 atom stereocenters. The summed E-state index contributed by atoms with van der Waals surface area (Å²) in [5, 5.41) is 6.28. The van der Waals surface area contributed by atoms with E-state index >= 15 is 0 Å². The Labute approximate surface area is 124 Å². The van der Waals surface area contributed by atoms with Crippen molar-refractivity contribution in [2.75, 3.05) is 31.9 Å². The summed E-state index contributed by atoms with van der Waals surface area (Å²) in [4.78, 5) is 8.74. The Bertz CT molecular complexity index is 617. The second-order valence-electron chi connectivity index (χ2n) is 4.55. The zero-order chi connectivity index (χ0) is 15.2. The molecule has 0 saturated heterocycles. The number of benzene rings is 1. The number of aryl methyl sites for hydroxylation is 1. The molecule has 1 heterocycles. The van der Waals surface area contributed by atoms with Crippen LogP contribution in [-0.4, -0.2) is 31.2 Å². The summed E-state index contributed by atoms with van der Waals surface area (Å²) < 4.78 is 10.3. The Balaban J connectivity index is 2.25. The van der Waals surface area contributed by atoms with Crippen LogP contribution in [0.5, 0.6) is 5.75 Å². The van der Waals surface area contributed by atoms with Crippen molar-refractivity contribution in [2.24, 2.45) is 0 Å². The largest absolute Gasteiger partial charge is 0.496 e. The lowest BCUT2D eigenvalue weighted by Gasteiger charge is -2.11. The molecule has 21 heavy (non-hydrogen) atoms. The number of anilines is 3. The van der Waals surface area contributed by atoms with E-state index < -0.39 is 0 Å². The maximum absolute atomic E-state index is 5.26. The molecule has 0 unspecified atom stereocenters. The molecule has 0 radical (unpaired) electrons. The SMILES string of the molecule is CNc1cc(Nc2ccc(OC)c(C)c2)nc(COC)n1. The van der Waals surface area contributed by atoms with E-state index in [-0.39, 0.29) is 0 Å². The van der Waals surface area contributed by atoms with E-state index in [2.05, 4.69) is 20.6 Å². The van der Waals surface area contributed by atoms with Crippen LogP contribution in [0.15, 0.2) is 24.3 Å². The highest BCUT2D eigenvalue weighted by Crippen LogP contribution is 2.24. The quantitative estimate of drug-likeness (QED) is 0.852. The van der Waals surface area contributed by atoms with E-state index in [0.717, 1.165) is 22.8 Å². The van der Waals surface area contributed by atoms with E-state index in [1.165, 1.54) is 0 Å². The van der Waals surface area contributed by atoms with Crippen molar-refractivity contribution in [1.29, 1.82) is 0 Å². The average Bonchev–Trinajstić information content (AvgIpc) is 2.47. The Morgan fingerprint density at radius 2 is 1.86 bits per heavy atom. The Morgan fingerprint density at radius 1 is 1.10 bits per heavy atom. The first kappa shape index (κ1) is 15.1. The van der Waals surface area contributed by atoms with Crippen molar-refractivity contribution in [1.82, 2.24) is 9.97 Å². The third-order valence-corrected chi connectivity index (χ3v) is 2.97. The standard InChI is InChI=1S/C15H20N4O2/c1-10-7-11(5-6-12(10)21-4)17-14-8-13(16-2)18-15(19-14)9-20-3/h5-8H,9H2,1-4H3,(H2,16,17,18,19). The fourth-order valence-electron chi connectivity index (χ4n) is 1.99. The predicted octanol–water partition coefficient (Wildman–Crippen LogP) is 2.73. The molecule has 2 aromatic rings. The second-order valence-corrected chi connectivity index (χ2v) is 4.55. The summed E-state index contributed by atoms with van der Waals surface area (Å²) in [7, 11) is 5.10. The normalized spacial score (nSPS) is 10.3. The van der Waals surface area contributed by atoms with Crippen LogP contribution in [0.2, 0.25) is 0 Å². The van der Waals surface area contributed by atoms with Gasteiger partial charge in [-0.05, 0) is 30.7 Å². The molecule has 6 nitrogen and oxygen atoms in total. The van der Waals surface area contributed by atoms with Crippen LogP contribution in [0.1, 0.15) is 11.4 Å². The molecule has 0 amide bonds. The molecule has 6 heteroatoms. The van der Waals surface area contributed by atoms with E-state index in [0.29, 0.717) is 18.2 Å². The van der Waals surface area contributed by atoms with Crippen molar-refractivity contribution in [3.8, 4) is 5.75 Å². The first-order valence-corrected chi connectivity index (χ1v) is 6.62.